The summed E-state index contributed by atoms with van der Waals surface area (Å²) in [7, 11) is 0. The second-order valence-electron chi connectivity index (χ2n) is 8.73. The predicted octanol–water partition coefficient (Wildman–Crippen LogP) is 6.10. The number of hydrogen-bond acceptors (Lipinski definition) is 5. The summed E-state index contributed by atoms with van der Waals surface area (Å²) in [6.45, 7) is 1.86. The van der Waals surface area contributed by atoms with E-state index >= 15 is 0 Å². The fraction of sp³-hybridized carbons (Fsp3) is 0.185. The van der Waals surface area contributed by atoms with Gasteiger partial charge in [0.2, 0.25) is 5.91 Å². The van der Waals surface area contributed by atoms with Gasteiger partial charge in [0, 0.05) is 23.6 Å². The molecule has 5 rings (SSSR count). The predicted molar refractivity (Wildman–Crippen MR) is 142 cm³/mol. The highest BCUT2D eigenvalue weighted by Gasteiger charge is 2.39. The van der Waals surface area contributed by atoms with E-state index in [1.165, 1.54) is 24.3 Å². The Morgan fingerprint density at radius 2 is 1.76 bits per heavy atom. The molecular weight excluding hydrogens is 518 g/mol. The monoisotopic (exact) mass is 538 g/mol. The maximum atomic E-state index is 13.6. The molecular formula is C27H21ClF2N4O2S. The molecule has 188 valence electrons. The molecule has 2 aliphatic heterocycles. The molecule has 2 aliphatic rings. The molecule has 0 aromatic heterocycles. The van der Waals surface area contributed by atoms with Gasteiger partial charge >= 0.3 is 0 Å². The summed E-state index contributed by atoms with van der Waals surface area (Å²) in [6, 6.07) is 16.9. The van der Waals surface area contributed by atoms with Crippen LogP contribution in [0.25, 0.3) is 0 Å². The topological polar surface area (TPSA) is 74.1 Å². The molecule has 2 heterocycles. The number of amides is 2. The van der Waals surface area contributed by atoms with E-state index in [1.54, 1.807) is 47.5 Å². The van der Waals surface area contributed by atoms with Crippen LogP contribution in [0.2, 0.25) is 5.02 Å². The highest BCUT2D eigenvalue weighted by Crippen LogP contribution is 2.38. The number of rotatable bonds is 5. The number of nitrogens with zero attached hydrogens (tertiary/aromatic N) is 3. The summed E-state index contributed by atoms with van der Waals surface area (Å²) in [5.41, 5.74) is 3.64. The zero-order chi connectivity index (χ0) is 26.1. The Balaban J connectivity index is 1.34. The minimum absolute atomic E-state index is 0.0778. The number of thioether (sulfide) groups is 1. The Morgan fingerprint density at radius 3 is 2.43 bits per heavy atom. The van der Waals surface area contributed by atoms with Crippen molar-refractivity contribution in [3.8, 4) is 0 Å². The highest BCUT2D eigenvalue weighted by atomic mass is 35.5. The zero-order valence-electron chi connectivity index (χ0n) is 19.6. The average molecular weight is 539 g/mol. The average Bonchev–Trinajstić information content (AvgIpc) is 3.46. The lowest BCUT2D eigenvalue weighted by Gasteiger charge is -2.23. The van der Waals surface area contributed by atoms with Crippen molar-refractivity contribution in [1.29, 1.82) is 0 Å². The van der Waals surface area contributed by atoms with Crippen LogP contribution in [-0.2, 0) is 9.59 Å². The van der Waals surface area contributed by atoms with Gasteiger partial charge < -0.3 is 5.32 Å². The molecule has 0 radical (unpaired) electrons. The first-order valence-corrected chi connectivity index (χ1v) is 12.8. The number of hydrogen-bond donors (Lipinski definition) is 1. The van der Waals surface area contributed by atoms with Gasteiger partial charge in [-0.2, -0.15) is 10.1 Å². The van der Waals surface area contributed by atoms with Crippen LogP contribution < -0.4 is 5.32 Å². The standard InChI is InChI=1S/C27H21ClF2N4O2S/c1-15-2-11-20(12-21(15)28)31-25(35)14-24-26(36)32-27(37-24)34-23(17-5-9-19(30)10-6-17)13-22(33-34)16-3-7-18(29)8-4-16/h2-12,23-24H,13-14H2,1H3,(H,31,35)/t23-,24-/m1/s1. The Kier molecular flexibility index (Phi) is 7.08. The molecule has 0 saturated carbocycles. The smallest absolute Gasteiger partial charge is 0.262 e. The Bertz CT molecular complexity index is 1430. The number of hydrazone groups is 1. The third-order valence-corrected chi connectivity index (χ3v) is 7.64. The van der Waals surface area contributed by atoms with E-state index in [0.717, 1.165) is 28.5 Å². The minimum atomic E-state index is -0.713. The van der Waals surface area contributed by atoms with Crippen LogP contribution in [0, 0.1) is 18.6 Å². The molecule has 0 spiro atoms. The van der Waals surface area contributed by atoms with Gasteiger partial charge in [0.25, 0.3) is 5.91 Å². The fourth-order valence-electron chi connectivity index (χ4n) is 4.10. The molecule has 0 unspecified atom stereocenters. The molecule has 2 atom stereocenters. The van der Waals surface area contributed by atoms with E-state index < -0.39 is 11.2 Å². The van der Waals surface area contributed by atoms with Crippen LogP contribution in [0.3, 0.4) is 0 Å². The van der Waals surface area contributed by atoms with Gasteiger partial charge in [0.05, 0.1) is 11.8 Å². The third kappa shape index (κ3) is 5.57. The number of halogens is 3. The molecule has 2 amide bonds. The lowest BCUT2D eigenvalue weighted by Crippen LogP contribution is -2.25. The van der Waals surface area contributed by atoms with E-state index in [4.69, 9.17) is 16.7 Å². The largest absolute Gasteiger partial charge is 0.326 e. The number of benzene rings is 3. The van der Waals surface area contributed by atoms with E-state index in [2.05, 4.69) is 10.3 Å². The molecule has 0 saturated heterocycles. The van der Waals surface area contributed by atoms with Crippen molar-refractivity contribution in [2.75, 3.05) is 5.32 Å². The van der Waals surface area contributed by atoms with Gasteiger partial charge in [-0.15, -0.1) is 0 Å². The molecule has 0 fully saturated rings. The van der Waals surface area contributed by atoms with Crippen LogP contribution >= 0.6 is 23.4 Å². The van der Waals surface area contributed by atoms with Gasteiger partial charge in [-0.25, -0.2) is 13.8 Å². The molecule has 1 N–H and O–H groups in total. The van der Waals surface area contributed by atoms with E-state index in [-0.39, 0.29) is 30.0 Å². The summed E-state index contributed by atoms with van der Waals surface area (Å²) in [5.74, 6) is -1.49. The number of carbonyl (C=O) groups is 2. The molecule has 6 nitrogen and oxygen atoms in total. The number of anilines is 1. The molecule has 37 heavy (non-hydrogen) atoms. The molecule has 0 bridgehead atoms. The van der Waals surface area contributed by atoms with Crippen LogP contribution in [0.4, 0.5) is 14.5 Å². The maximum Gasteiger partial charge on any atom is 0.262 e. The van der Waals surface area contributed by atoms with Crippen LogP contribution in [0.15, 0.2) is 76.8 Å². The maximum absolute atomic E-state index is 13.6. The first-order chi connectivity index (χ1) is 17.8. The van der Waals surface area contributed by atoms with Crippen LogP contribution in [-0.4, -0.2) is 33.0 Å². The number of nitrogens with one attached hydrogen (secondary N) is 1. The first kappa shape index (κ1) is 25.1. The number of carbonyl (C=O) groups excluding carboxylic acids is 2. The van der Waals surface area contributed by atoms with Crippen molar-refractivity contribution in [1.82, 2.24) is 5.01 Å². The summed E-state index contributed by atoms with van der Waals surface area (Å²) >= 11 is 7.29. The Hall–Kier alpha value is -3.56. The number of aryl methyl sites for hydroxylation is 1. The van der Waals surface area contributed by atoms with Crippen molar-refractivity contribution in [2.45, 2.75) is 31.1 Å². The summed E-state index contributed by atoms with van der Waals surface area (Å²) in [5, 5.41) is 9.27. The van der Waals surface area contributed by atoms with Crippen LogP contribution in [0.5, 0.6) is 0 Å². The van der Waals surface area contributed by atoms with Crippen molar-refractivity contribution >= 4 is 51.7 Å². The van der Waals surface area contributed by atoms with E-state index in [0.29, 0.717) is 28.0 Å². The second kappa shape index (κ2) is 10.4. The highest BCUT2D eigenvalue weighted by molar-refractivity contribution is 8.15. The molecule has 0 aliphatic carbocycles. The van der Waals surface area contributed by atoms with Gasteiger partial charge in [-0.3, -0.25) is 9.59 Å². The second-order valence-corrected chi connectivity index (χ2v) is 10.3. The van der Waals surface area contributed by atoms with Gasteiger partial charge in [0.1, 0.15) is 16.9 Å². The SMILES string of the molecule is Cc1ccc(NC(=O)C[C@H]2SC(N3N=C(c4ccc(F)cc4)C[C@@H]3c3ccc(F)cc3)=NC2=O)cc1Cl. The van der Waals surface area contributed by atoms with Crippen molar-refractivity contribution < 1.29 is 18.4 Å². The summed E-state index contributed by atoms with van der Waals surface area (Å²) < 4.78 is 27.0. The molecule has 10 heteroatoms. The lowest BCUT2D eigenvalue weighted by molar-refractivity contribution is -0.121. The normalized spacial score (nSPS) is 19.1. The summed E-state index contributed by atoms with van der Waals surface area (Å²) in [6.07, 6.45) is 0.371. The fourth-order valence-corrected chi connectivity index (χ4v) is 5.35. The van der Waals surface area contributed by atoms with Gasteiger partial charge in [-0.1, -0.05) is 53.7 Å². The number of amidine groups is 1. The first-order valence-electron chi connectivity index (χ1n) is 11.5. The lowest BCUT2D eigenvalue weighted by atomic mass is 9.98. The molecule has 3 aromatic rings. The molecule has 3 aromatic carbocycles. The minimum Gasteiger partial charge on any atom is -0.326 e. The van der Waals surface area contributed by atoms with Crippen molar-refractivity contribution in [3.05, 3.63) is 100 Å². The zero-order valence-corrected chi connectivity index (χ0v) is 21.2. The van der Waals surface area contributed by atoms with E-state index in [1.807, 2.05) is 6.92 Å². The van der Waals surface area contributed by atoms with Crippen molar-refractivity contribution in [3.63, 3.8) is 0 Å². The quantitative estimate of drug-likeness (QED) is 0.426. The van der Waals surface area contributed by atoms with Gasteiger partial charge in [0.15, 0.2) is 5.17 Å². The Labute approximate surface area is 221 Å². The Morgan fingerprint density at radius 1 is 1.08 bits per heavy atom. The van der Waals surface area contributed by atoms with Crippen molar-refractivity contribution in [2.24, 2.45) is 10.1 Å². The van der Waals surface area contributed by atoms with Crippen LogP contribution in [0.1, 0.15) is 35.6 Å². The summed E-state index contributed by atoms with van der Waals surface area (Å²) in [4.78, 5) is 29.6. The third-order valence-electron chi connectivity index (χ3n) is 6.09. The van der Waals surface area contributed by atoms with Gasteiger partial charge in [-0.05, 0) is 60.0 Å². The van der Waals surface area contributed by atoms with E-state index in [9.17, 15) is 18.4 Å². The number of aliphatic imine (C=N–C) groups is 1.